The predicted octanol–water partition coefficient (Wildman–Crippen LogP) is 1.61. The van der Waals surface area contributed by atoms with Gasteiger partial charge in [0.15, 0.2) is 0 Å². The molecule has 1 unspecified atom stereocenters. The summed E-state index contributed by atoms with van der Waals surface area (Å²) in [7, 11) is 3.82. The van der Waals surface area contributed by atoms with Crippen molar-refractivity contribution in [3.05, 3.63) is 18.2 Å². The first-order chi connectivity index (χ1) is 11.7. The maximum atomic E-state index is 12.9. The van der Waals surface area contributed by atoms with Crippen molar-refractivity contribution in [1.82, 2.24) is 19.8 Å². The van der Waals surface area contributed by atoms with E-state index in [4.69, 9.17) is 4.74 Å². The van der Waals surface area contributed by atoms with E-state index in [1.54, 1.807) is 13.4 Å². The standard InChI is InChI=1S/C18H28N4O2/c1-21(18(23)14-8-13(14)15-9-19-11-20-15)16-4-3-5-17(16)22-7-6-12(10-22)24-2/h9,11-14,16-17H,3-8,10H2,1-2H3,(H,19,20)/t12?,13-,14-,16+,17-/m1/s1. The second-order valence-electron chi connectivity index (χ2n) is 7.61. The van der Waals surface area contributed by atoms with Crippen molar-refractivity contribution in [3.8, 4) is 0 Å². The Morgan fingerprint density at radius 2 is 2.29 bits per heavy atom. The maximum Gasteiger partial charge on any atom is 0.226 e. The molecule has 0 bridgehead atoms. The molecule has 1 saturated heterocycles. The predicted molar refractivity (Wildman–Crippen MR) is 90.6 cm³/mol. The summed E-state index contributed by atoms with van der Waals surface area (Å²) in [4.78, 5) is 24.8. The lowest BCUT2D eigenvalue weighted by atomic mass is 10.1. The fourth-order valence-corrected chi connectivity index (χ4v) is 4.75. The highest BCUT2D eigenvalue weighted by atomic mass is 16.5. The lowest BCUT2D eigenvalue weighted by Crippen LogP contribution is -2.49. The number of nitrogens with zero attached hydrogens (tertiary/aromatic N) is 3. The van der Waals surface area contributed by atoms with E-state index in [2.05, 4.69) is 19.8 Å². The Labute approximate surface area is 143 Å². The van der Waals surface area contributed by atoms with Crippen LogP contribution in [0.3, 0.4) is 0 Å². The molecular formula is C18H28N4O2. The fourth-order valence-electron chi connectivity index (χ4n) is 4.75. The molecule has 6 heteroatoms. The van der Waals surface area contributed by atoms with Crippen LogP contribution in [0.25, 0.3) is 0 Å². The highest BCUT2D eigenvalue weighted by molar-refractivity contribution is 5.83. The van der Waals surface area contributed by atoms with Gasteiger partial charge in [-0.15, -0.1) is 0 Å². The average Bonchev–Trinajstić information content (AvgIpc) is 3.07. The number of hydrogen-bond donors (Lipinski definition) is 1. The summed E-state index contributed by atoms with van der Waals surface area (Å²) in [6.45, 7) is 2.11. The molecule has 3 fully saturated rings. The summed E-state index contributed by atoms with van der Waals surface area (Å²) in [6, 6.07) is 0.861. The van der Waals surface area contributed by atoms with Gasteiger partial charge in [-0.2, -0.15) is 0 Å². The van der Waals surface area contributed by atoms with Crippen LogP contribution in [-0.4, -0.2) is 71.1 Å². The van der Waals surface area contributed by atoms with Gasteiger partial charge in [-0.1, -0.05) is 0 Å². The quantitative estimate of drug-likeness (QED) is 0.890. The van der Waals surface area contributed by atoms with Crippen LogP contribution >= 0.6 is 0 Å². The van der Waals surface area contributed by atoms with Gasteiger partial charge in [-0.25, -0.2) is 4.98 Å². The minimum absolute atomic E-state index is 0.141. The van der Waals surface area contributed by atoms with Crippen LogP contribution < -0.4 is 0 Å². The first-order valence-electron chi connectivity index (χ1n) is 9.21. The molecule has 6 nitrogen and oxygen atoms in total. The Kier molecular flexibility index (Phi) is 4.35. The Morgan fingerprint density at radius 3 is 3.00 bits per heavy atom. The van der Waals surface area contributed by atoms with E-state index in [1.807, 2.05) is 13.2 Å². The number of carbonyl (C=O) groups is 1. The molecule has 2 aliphatic carbocycles. The lowest BCUT2D eigenvalue weighted by molar-refractivity contribution is -0.134. The number of hydrogen-bond acceptors (Lipinski definition) is 4. The zero-order valence-electron chi connectivity index (χ0n) is 14.6. The zero-order chi connectivity index (χ0) is 16.7. The smallest absolute Gasteiger partial charge is 0.226 e. The molecule has 3 aliphatic rings. The van der Waals surface area contributed by atoms with E-state index >= 15 is 0 Å². The van der Waals surface area contributed by atoms with Crippen molar-refractivity contribution in [2.24, 2.45) is 5.92 Å². The van der Waals surface area contributed by atoms with Crippen molar-refractivity contribution in [2.45, 2.75) is 56.2 Å². The first kappa shape index (κ1) is 16.1. The molecule has 1 aromatic rings. The van der Waals surface area contributed by atoms with Crippen LogP contribution in [0.1, 0.15) is 43.7 Å². The molecule has 0 radical (unpaired) electrons. The number of aromatic amines is 1. The van der Waals surface area contributed by atoms with Gasteiger partial charge in [0.05, 0.1) is 12.4 Å². The number of likely N-dealkylation sites (tertiary alicyclic amines) is 1. The minimum Gasteiger partial charge on any atom is -0.380 e. The number of carbonyl (C=O) groups excluding carboxylic acids is 1. The first-order valence-corrected chi connectivity index (χ1v) is 9.21. The number of ether oxygens (including phenoxy) is 1. The molecule has 1 N–H and O–H groups in total. The van der Waals surface area contributed by atoms with Crippen molar-refractivity contribution in [3.63, 3.8) is 0 Å². The third kappa shape index (κ3) is 2.86. The minimum atomic E-state index is 0.141. The molecule has 1 aliphatic heterocycles. The van der Waals surface area contributed by atoms with Crippen LogP contribution in [-0.2, 0) is 9.53 Å². The van der Waals surface area contributed by atoms with Crippen LogP contribution in [0.2, 0.25) is 0 Å². The van der Waals surface area contributed by atoms with Gasteiger partial charge < -0.3 is 14.6 Å². The normalized spacial score (nSPS) is 36.2. The second-order valence-corrected chi connectivity index (χ2v) is 7.61. The number of amides is 1. The number of H-pyrrole nitrogens is 1. The Morgan fingerprint density at radius 1 is 1.42 bits per heavy atom. The van der Waals surface area contributed by atoms with Gasteiger partial charge in [-0.05, 0) is 32.1 Å². The third-order valence-corrected chi connectivity index (χ3v) is 6.29. The zero-order valence-corrected chi connectivity index (χ0v) is 14.6. The summed E-state index contributed by atoms with van der Waals surface area (Å²) in [5, 5.41) is 0. The molecule has 2 heterocycles. The average molecular weight is 332 g/mol. The van der Waals surface area contributed by atoms with E-state index in [1.165, 1.54) is 12.8 Å². The Bertz CT molecular complexity index is 576. The molecule has 1 aromatic heterocycles. The number of likely N-dealkylation sites (N-methyl/N-ethyl adjacent to an activating group) is 1. The van der Waals surface area contributed by atoms with Crippen LogP contribution in [0.5, 0.6) is 0 Å². The molecule has 5 atom stereocenters. The number of imidazole rings is 1. The van der Waals surface area contributed by atoms with Crippen LogP contribution in [0, 0.1) is 5.92 Å². The van der Waals surface area contributed by atoms with E-state index in [-0.39, 0.29) is 5.92 Å². The second kappa shape index (κ2) is 6.48. The Hall–Kier alpha value is -1.40. The van der Waals surface area contributed by atoms with E-state index in [0.29, 0.717) is 30.0 Å². The number of methoxy groups -OCH3 is 1. The molecule has 132 valence electrons. The van der Waals surface area contributed by atoms with E-state index in [9.17, 15) is 4.79 Å². The van der Waals surface area contributed by atoms with Gasteiger partial charge >= 0.3 is 0 Å². The van der Waals surface area contributed by atoms with Gasteiger partial charge in [0.2, 0.25) is 5.91 Å². The largest absolute Gasteiger partial charge is 0.380 e. The highest BCUT2D eigenvalue weighted by Gasteiger charge is 2.48. The van der Waals surface area contributed by atoms with Crippen LogP contribution in [0.4, 0.5) is 0 Å². The van der Waals surface area contributed by atoms with Crippen molar-refractivity contribution in [2.75, 3.05) is 27.2 Å². The third-order valence-electron chi connectivity index (χ3n) is 6.29. The molecule has 0 aromatic carbocycles. The summed E-state index contributed by atoms with van der Waals surface area (Å²) in [6.07, 6.45) is 9.53. The SMILES string of the molecule is COC1CCN([C@@H]2CCC[C@@H]2N(C)C(=O)[C@@H]2C[C@H]2c2cnc[nH]2)C1. The maximum absolute atomic E-state index is 12.9. The van der Waals surface area contributed by atoms with Crippen LogP contribution in [0.15, 0.2) is 12.5 Å². The van der Waals surface area contributed by atoms with Gasteiger partial charge in [0.1, 0.15) is 0 Å². The topological polar surface area (TPSA) is 61.5 Å². The molecular weight excluding hydrogens is 304 g/mol. The molecule has 24 heavy (non-hydrogen) atoms. The molecule has 4 rings (SSSR count). The van der Waals surface area contributed by atoms with Crippen molar-refractivity contribution >= 4 is 5.91 Å². The number of aromatic nitrogens is 2. The van der Waals surface area contributed by atoms with E-state index in [0.717, 1.165) is 38.0 Å². The Balaban J connectivity index is 1.38. The molecule has 1 amide bonds. The summed E-state index contributed by atoms with van der Waals surface area (Å²) >= 11 is 0. The summed E-state index contributed by atoms with van der Waals surface area (Å²) < 4.78 is 5.52. The van der Waals surface area contributed by atoms with Crippen molar-refractivity contribution in [1.29, 1.82) is 0 Å². The highest BCUT2D eigenvalue weighted by Crippen LogP contribution is 2.48. The van der Waals surface area contributed by atoms with Crippen molar-refractivity contribution < 1.29 is 9.53 Å². The fraction of sp³-hybridized carbons (Fsp3) is 0.778. The number of rotatable bonds is 5. The van der Waals surface area contributed by atoms with E-state index < -0.39 is 0 Å². The van der Waals surface area contributed by atoms with Gasteiger partial charge in [0, 0.05) is 63.1 Å². The molecule has 0 spiro atoms. The summed E-state index contributed by atoms with van der Waals surface area (Å²) in [5.74, 6) is 0.794. The summed E-state index contributed by atoms with van der Waals surface area (Å²) in [5.41, 5.74) is 1.10. The lowest BCUT2D eigenvalue weighted by Gasteiger charge is -2.35. The molecule has 2 saturated carbocycles. The monoisotopic (exact) mass is 332 g/mol. The van der Waals surface area contributed by atoms with Gasteiger partial charge in [0.25, 0.3) is 0 Å². The van der Waals surface area contributed by atoms with Gasteiger partial charge in [-0.3, -0.25) is 9.69 Å². The number of nitrogens with one attached hydrogen (secondary N) is 1.